The zero-order valence-corrected chi connectivity index (χ0v) is 12.5. The van der Waals surface area contributed by atoms with E-state index in [2.05, 4.69) is 4.98 Å². The Morgan fingerprint density at radius 2 is 1.83 bits per heavy atom. The molecule has 4 nitrogen and oxygen atoms in total. The standard InChI is InChI=1S/C18H14FNO3/c1-12-16(20-17(23-12)13-7-3-2-4-8-13)11-22-18(21)14-9-5-6-10-15(14)19/h2-10H,11H2,1H3. The molecule has 0 saturated carbocycles. The first-order chi connectivity index (χ1) is 11.1. The number of benzene rings is 2. The molecule has 0 radical (unpaired) electrons. The summed E-state index contributed by atoms with van der Waals surface area (Å²) in [5.74, 6) is -0.323. The maximum absolute atomic E-state index is 13.5. The molecule has 1 aromatic heterocycles. The lowest BCUT2D eigenvalue weighted by molar-refractivity contribution is 0.0461. The highest BCUT2D eigenvalue weighted by Gasteiger charge is 2.16. The molecule has 2 aromatic carbocycles. The molecule has 0 amide bonds. The van der Waals surface area contributed by atoms with Crippen LogP contribution in [-0.2, 0) is 11.3 Å². The highest BCUT2D eigenvalue weighted by Crippen LogP contribution is 2.22. The van der Waals surface area contributed by atoms with Crippen molar-refractivity contribution in [1.82, 2.24) is 4.98 Å². The SMILES string of the molecule is Cc1oc(-c2ccccc2)nc1COC(=O)c1ccccc1F. The smallest absolute Gasteiger partial charge is 0.341 e. The first-order valence-corrected chi connectivity index (χ1v) is 7.08. The van der Waals surface area contributed by atoms with E-state index in [1.54, 1.807) is 13.0 Å². The van der Waals surface area contributed by atoms with Crippen LogP contribution < -0.4 is 0 Å². The van der Waals surface area contributed by atoms with Crippen LogP contribution in [0.3, 0.4) is 0 Å². The van der Waals surface area contributed by atoms with E-state index in [9.17, 15) is 9.18 Å². The minimum atomic E-state index is -0.730. The Kier molecular flexibility index (Phi) is 4.19. The number of nitrogens with zero attached hydrogens (tertiary/aromatic N) is 1. The molecule has 3 aromatic rings. The summed E-state index contributed by atoms with van der Waals surface area (Å²) >= 11 is 0. The van der Waals surface area contributed by atoms with Crippen LogP contribution in [0.1, 0.15) is 21.8 Å². The second-order valence-corrected chi connectivity index (χ2v) is 4.94. The Hall–Kier alpha value is -2.95. The van der Waals surface area contributed by atoms with E-state index in [0.29, 0.717) is 17.3 Å². The monoisotopic (exact) mass is 311 g/mol. The van der Waals surface area contributed by atoms with E-state index in [-0.39, 0.29) is 12.2 Å². The quantitative estimate of drug-likeness (QED) is 0.679. The Morgan fingerprint density at radius 1 is 1.13 bits per heavy atom. The van der Waals surface area contributed by atoms with Gasteiger partial charge in [-0.1, -0.05) is 30.3 Å². The summed E-state index contributed by atoms with van der Waals surface area (Å²) in [7, 11) is 0. The van der Waals surface area contributed by atoms with Gasteiger partial charge in [0, 0.05) is 5.56 Å². The fraction of sp³-hybridized carbons (Fsp3) is 0.111. The number of carbonyl (C=O) groups is 1. The van der Waals surface area contributed by atoms with E-state index >= 15 is 0 Å². The van der Waals surface area contributed by atoms with Crippen molar-refractivity contribution in [1.29, 1.82) is 0 Å². The third-order valence-electron chi connectivity index (χ3n) is 3.35. The second-order valence-electron chi connectivity index (χ2n) is 4.94. The van der Waals surface area contributed by atoms with Gasteiger partial charge in [0.25, 0.3) is 0 Å². The van der Waals surface area contributed by atoms with Crippen LogP contribution in [0.2, 0.25) is 0 Å². The summed E-state index contributed by atoms with van der Waals surface area (Å²) in [6, 6.07) is 15.1. The molecule has 0 unspecified atom stereocenters. The number of ether oxygens (including phenoxy) is 1. The molecule has 5 heteroatoms. The van der Waals surface area contributed by atoms with Crippen molar-refractivity contribution in [3.63, 3.8) is 0 Å². The number of rotatable bonds is 4. The van der Waals surface area contributed by atoms with Gasteiger partial charge in [-0.2, -0.15) is 0 Å². The Labute approximate surface area is 132 Å². The highest BCUT2D eigenvalue weighted by molar-refractivity contribution is 5.89. The van der Waals surface area contributed by atoms with Gasteiger partial charge >= 0.3 is 5.97 Å². The number of halogens is 1. The molecular formula is C18H14FNO3. The van der Waals surface area contributed by atoms with E-state index in [0.717, 1.165) is 5.56 Å². The molecular weight excluding hydrogens is 297 g/mol. The molecule has 0 aliphatic heterocycles. The Bertz CT molecular complexity index is 827. The normalized spacial score (nSPS) is 10.5. The largest absolute Gasteiger partial charge is 0.455 e. The number of hydrogen-bond donors (Lipinski definition) is 0. The minimum Gasteiger partial charge on any atom is -0.455 e. The van der Waals surface area contributed by atoms with Crippen molar-refractivity contribution in [2.75, 3.05) is 0 Å². The van der Waals surface area contributed by atoms with E-state index in [1.807, 2.05) is 30.3 Å². The van der Waals surface area contributed by atoms with Crippen molar-refractivity contribution >= 4 is 5.97 Å². The van der Waals surface area contributed by atoms with Crippen molar-refractivity contribution < 1.29 is 18.3 Å². The van der Waals surface area contributed by atoms with Gasteiger partial charge in [-0.15, -0.1) is 0 Å². The third-order valence-corrected chi connectivity index (χ3v) is 3.35. The maximum atomic E-state index is 13.5. The molecule has 0 N–H and O–H groups in total. The van der Waals surface area contributed by atoms with Gasteiger partial charge in [0.1, 0.15) is 23.9 Å². The Morgan fingerprint density at radius 3 is 2.57 bits per heavy atom. The van der Waals surface area contributed by atoms with Crippen LogP contribution in [0.4, 0.5) is 4.39 Å². The molecule has 0 atom stereocenters. The van der Waals surface area contributed by atoms with Crippen LogP contribution >= 0.6 is 0 Å². The predicted molar refractivity (Wildman–Crippen MR) is 82.2 cm³/mol. The van der Waals surface area contributed by atoms with Crippen LogP contribution in [-0.4, -0.2) is 11.0 Å². The summed E-state index contributed by atoms with van der Waals surface area (Å²) in [4.78, 5) is 16.2. The van der Waals surface area contributed by atoms with Crippen molar-refractivity contribution in [2.45, 2.75) is 13.5 Å². The van der Waals surface area contributed by atoms with Gasteiger partial charge < -0.3 is 9.15 Å². The molecule has 0 saturated heterocycles. The summed E-state index contributed by atoms with van der Waals surface area (Å²) < 4.78 is 24.2. The molecule has 0 spiro atoms. The van der Waals surface area contributed by atoms with Gasteiger partial charge in [0.2, 0.25) is 5.89 Å². The van der Waals surface area contributed by atoms with E-state index in [4.69, 9.17) is 9.15 Å². The number of carbonyl (C=O) groups excluding carboxylic acids is 1. The van der Waals surface area contributed by atoms with Crippen LogP contribution in [0.15, 0.2) is 59.0 Å². The fourth-order valence-corrected chi connectivity index (χ4v) is 2.10. The number of hydrogen-bond acceptors (Lipinski definition) is 4. The first-order valence-electron chi connectivity index (χ1n) is 7.08. The third kappa shape index (κ3) is 3.29. The van der Waals surface area contributed by atoms with Gasteiger partial charge in [-0.05, 0) is 31.2 Å². The topological polar surface area (TPSA) is 52.3 Å². The van der Waals surface area contributed by atoms with Crippen molar-refractivity contribution in [3.05, 3.63) is 77.4 Å². The van der Waals surface area contributed by atoms with Gasteiger partial charge in [0.15, 0.2) is 0 Å². The molecule has 23 heavy (non-hydrogen) atoms. The summed E-state index contributed by atoms with van der Waals surface area (Å²) in [5, 5.41) is 0. The number of aromatic nitrogens is 1. The van der Waals surface area contributed by atoms with Crippen molar-refractivity contribution in [3.8, 4) is 11.5 Å². The summed E-state index contributed by atoms with van der Waals surface area (Å²) in [6.07, 6.45) is 0. The van der Waals surface area contributed by atoms with Gasteiger partial charge in [0.05, 0.1) is 5.56 Å². The van der Waals surface area contributed by atoms with E-state index < -0.39 is 11.8 Å². The van der Waals surface area contributed by atoms with Gasteiger partial charge in [-0.25, -0.2) is 14.2 Å². The second kappa shape index (κ2) is 6.44. The zero-order chi connectivity index (χ0) is 16.2. The summed E-state index contributed by atoms with van der Waals surface area (Å²) in [6.45, 7) is 1.67. The number of esters is 1. The molecule has 1 heterocycles. The van der Waals surface area contributed by atoms with Gasteiger partial charge in [-0.3, -0.25) is 0 Å². The lowest BCUT2D eigenvalue weighted by Gasteiger charge is -2.03. The van der Waals surface area contributed by atoms with Crippen LogP contribution in [0.25, 0.3) is 11.5 Å². The zero-order valence-electron chi connectivity index (χ0n) is 12.5. The van der Waals surface area contributed by atoms with E-state index in [1.165, 1.54) is 18.2 Å². The molecule has 116 valence electrons. The number of aryl methyl sites for hydroxylation is 1. The van der Waals surface area contributed by atoms with Crippen LogP contribution in [0, 0.1) is 12.7 Å². The fourth-order valence-electron chi connectivity index (χ4n) is 2.10. The van der Waals surface area contributed by atoms with Crippen LogP contribution in [0.5, 0.6) is 0 Å². The predicted octanol–water partition coefficient (Wildman–Crippen LogP) is 4.15. The highest BCUT2D eigenvalue weighted by atomic mass is 19.1. The lowest BCUT2D eigenvalue weighted by atomic mass is 10.2. The first kappa shape index (κ1) is 15.0. The molecule has 0 bridgehead atoms. The molecule has 0 aliphatic rings. The average Bonchev–Trinajstić information content (AvgIpc) is 2.95. The summed E-state index contributed by atoms with van der Waals surface area (Å²) in [5.41, 5.74) is 1.24. The molecule has 3 rings (SSSR count). The lowest BCUT2D eigenvalue weighted by Crippen LogP contribution is -2.08. The average molecular weight is 311 g/mol. The number of oxazole rings is 1. The maximum Gasteiger partial charge on any atom is 0.341 e. The Balaban J connectivity index is 1.73. The minimum absolute atomic E-state index is 0.0741. The molecule has 0 fully saturated rings. The molecule has 0 aliphatic carbocycles. The van der Waals surface area contributed by atoms with Crippen molar-refractivity contribution in [2.24, 2.45) is 0 Å².